The molecule has 1 nitrogen and oxygen atoms in total. The number of hydrogen-bond donors (Lipinski definition) is 1. The van der Waals surface area contributed by atoms with Gasteiger partial charge in [0, 0.05) is 7.05 Å². The molecule has 1 rings (SSSR count). The number of benzene rings is 1. The van der Waals surface area contributed by atoms with Gasteiger partial charge >= 0.3 is 0 Å². The van der Waals surface area contributed by atoms with E-state index < -0.39 is 0 Å². The van der Waals surface area contributed by atoms with Crippen LogP contribution in [0.5, 0.6) is 0 Å². The largest absolute Gasteiger partial charge is 0.386 e. The molecule has 0 spiro atoms. The summed E-state index contributed by atoms with van der Waals surface area (Å²) in [6.45, 7) is 1.87. The second-order valence-corrected chi connectivity index (χ2v) is 2.18. The van der Waals surface area contributed by atoms with Crippen molar-refractivity contribution >= 4 is 18.1 Å². The molecule has 0 amide bonds. The second-order valence-electron chi connectivity index (χ2n) is 2.18. The van der Waals surface area contributed by atoms with Crippen molar-refractivity contribution < 1.29 is 4.39 Å². The predicted molar refractivity (Wildman–Crippen MR) is 47.9 cm³/mol. The summed E-state index contributed by atoms with van der Waals surface area (Å²) in [5.41, 5.74) is 1.52. The summed E-state index contributed by atoms with van der Waals surface area (Å²) in [7, 11) is 1.71. The third-order valence-electron chi connectivity index (χ3n) is 1.47. The summed E-state index contributed by atoms with van der Waals surface area (Å²) < 4.78 is 12.8. The van der Waals surface area contributed by atoms with Crippen molar-refractivity contribution in [3.63, 3.8) is 0 Å². The van der Waals surface area contributed by atoms with Crippen LogP contribution in [0.1, 0.15) is 5.56 Å². The normalized spacial score (nSPS) is 8.64. The number of anilines is 1. The van der Waals surface area contributed by atoms with Gasteiger partial charge in [-0.1, -0.05) is 12.1 Å². The zero-order valence-corrected chi connectivity index (χ0v) is 7.33. The van der Waals surface area contributed by atoms with E-state index in [9.17, 15) is 4.39 Å². The van der Waals surface area contributed by atoms with Crippen LogP contribution in [-0.2, 0) is 0 Å². The first-order valence-electron chi connectivity index (χ1n) is 3.18. The average molecular weight is 176 g/mol. The van der Waals surface area contributed by atoms with E-state index >= 15 is 0 Å². The summed E-state index contributed by atoms with van der Waals surface area (Å²) in [6.07, 6.45) is 0. The third kappa shape index (κ3) is 2.09. The highest BCUT2D eigenvalue weighted by Gasteiger charge is 1.99. The molecule has 0 atom stereocenters. The number of halogens is 2. The number of hydrogen-bond acceptors (Lipinski definition) is 1. The van der Waals surface area contributed by atoms with E-state index in [2.05, 4.69) is 5.32 Å². The molecule has 1 aromatic carbocycles. The van der Waals surface area contributed by atoms with Gasteiger partial charge in [0.05, 0.1) is 5.69 Å². The van der Waals surface area contributed by atoms with Crippen LogP contribution in [0.15, 0.2) is 18.2 Å². The van der Waals surface area contributed by atoms with Crippen LogP contribution in [0, 0.1) is 12.7 Å². The Morgan fingerprint density at radius 2 is 2.00 bits per heavy atom. The molecule has 1 aromatic rings. The van der Waals surface area contributed by atoms with Gasteiger partial charge in [-0.15, -0.1) is 12.4 Å². The molecule has 0 aliphatic heterocycles. The second kappa shape index (κ2) is 4.19. The Balaban J connectivity index is 0.000001000. The average Bonchev–Trinajstić information content (AvgIpc) is 1.88. The SMILES string of the molecule is CNc1c(C)cccc1F.Cl. The third-order valence-corrected chi connectivity index (χ3v) is 1.47. The Labute approximate surface area is 72.0 Å². The molecule has 0 unspecified atom stereocenters. The first-order valence-corrected chi connectivity index (χ1v) is 3.18. The number of para-hydroxylation sites is 1. The molecule has 0 radical (unpaired) electrons. The molecule has 0 bridgehead atoms. The van der Waals surface area contributed by atoms with Crippen molar-refractivity contribution in [2.45, 2.75) is 6.92 Å². The van der Waals surface area contributed by atoms with Crippen LogP contribution in [-0.4, -0.2) is 7.05 Å². The van der Waals surface area contributed by atoms with Crippen LogP contribution in [0.2, 0.25) is 0 Å². The van der Waals surface area contributed by atoms with E-state index in [1.54, 1.807) is 13.1 Å². The number of rotatable bonds is 1. The summed E-state index contributed by atoms with van der Waals surface area (Å²) in [6, 6.07) is 5.01. The number of nitrogens with one attached hydrogen (secondary N) is 1. The minimum absolute atomic E-state index is 0. The topological polar surface area (TPSA) is 12.0 Å². The van der Waals surface area contributed by atoms with Gasteiger partial charge in [0.1, 0.15) is 5.82 Å². The maximum absolute atomic E-state index is 12.8. The van der Waals surface area contributed by atoms with E-state index in [1.807, 2.05) is 13.0 Å². The molecule has 62 valence electrons. The van der Waals surface area contributed by atoms with Crippen molar-refractivity contribution in [2.75, 3.05) is 12.4 Å². The smallest absolute Gasteiger partial charge is 0.146 e. The minimum atomic E-state index is -0.192. The van der Waals surface area contributed by atoms with Gasteiger partial charge in [-0.05, 0) is 18.6 Å². The van der Waals surface area contributed by atoms with E-state index in [0.29, 0.717) is 5.69 Å². The highest BCUT2D eigenvalue weighted by molar-refractivity contribution is 5.85. The van der Waals surface area contributed by atoms with Gasteiger partial charge in [0.25, 0.3) is 0 Å². The van der Waals surface area contributed by atoms with Gasteiger partial charge < -0.3 is 5.32 Å². The molecule has 0 fully saturated rings. The zero-order chi connectivity index (χ0) is 7.56. The zero-order valence-electron chi connectivity index (χ0n) is 6.52. The van der Waals surface area contributed by atoms with Crippen molar-refractivity contribution in [1.82, 2.24) is 0 Å². The van der Waals surface area contributed by atoms with Gasteiger partial charge in [-0.25, -0.2) is 4.39 Å². The number of aryl methyl sites for hydroxylation is 1. The molecular weight excluding hydrogens is 165 g/mol. The first kappa shape index (κ1) is 10.2. The molecular formula is C8H11ClFN. The van der Waals surface area contributed by atoms with Crippen molar-refractivity contribution in [3.05, 3.63) is 29.6 Å². The molecule has 11 heavy (non-hydrogen) atoms. The maximum atomic E-state index is 12.8. The lowest BCUT2D eigenvalue weighted by Crippen LogP contribution is -1.94. The summed E-state index contributed by atoms with van der Waals surface area (Å²) in [5, 5.41) is 2.79. The molecule has 0 saturated heterocycles. The van der Waals surface area contributed by atoms with Crippen LogP contribution in [0.4, 0.5) is 10.1 Å². The van der Waals surface area contributed by atoms with Crippen molar-refractivity contribution in [2.24, 2.45) is 0 Å². The van der Waals surface area contributed by atoms with Crippen molar-refractivity contribution in [3.8, 4) is 0 Å². The fourth-order valence-electron chi connectivity index (χ4n) is 0.949. The standard InChI is InChI=1S/C8H10FN.ClH/c1-6-4-3-5-7(9)8(6)10-2;/h3-5,10H,1-2H3;1H. The Morgan fingerprint density at radius 1 is 1.36 bits per heavy atom. The van der Waals surface area contributed by atoms with E-state index in [-0.39, 0.29) is 18.2 Å². The molecule has 0 aromatic heterocycles. The van der Waals surface area contributed by atoms with Crippen LogP contribution in [0.25, 0.3) is 0 Å². The predicted octanol–water partition coefficient (Wildman–Crippen LogP) is 2.60. The molecule has 0 saturated carbocycles. The van der Waals surface area contributed by atoms with Gasteiger partial charge in [-0.3, -0.25) is 0 Å². The van der Waals surface area contributed by atoms with Gasteiger partial charge in [-0.2, -0.15) is 0 Å². The van der Waals surface area contributed by atoms with Crippen molar-refractivity contribution in [1.29, 1.82) is 0 Å². The van der Waals surface area contributed by atoms with E-state index in [1.165, 1.54) is 6.07 Å². The summed E-state index contributed by atoms with van der Waals surface area (Å²) >= 11 is 0. The Bertz CT molecular complexity index is 217. The monoisotopic (exact) mass is 175 g/mol. The fourth-order valence-corrected chi connectivity index (χ4v) is 0.949. The highest BCUT2D eigenvalue weighted by atomic mass is 35.5. The highest BCUT2D eigenvalue weighted by Crippen LogP contribution is 2.16. The Kier molecular flexibility index (Phi) is 3.90. The van der Waals surface area contributed by atoms with Crippen LogP contribution < -0.4 is 5.32 Å². The quantitative estimate of drug-likeness (QED) is 0.692. The van der Waals surface area contributed by atoms with Gasteiger partial charge in [0.2, 0.25) is 0 Å². The molecule has 3 heteroatoms. The van der Waals surface area contributed by atoms with Gasteiger partial charge in [0.15, 0.2) is 0 Å². The Morgan fingerprint density at radius 3 is 2.36 bits per heavy atom. The first-order chi connectivity index (χ1) is 4.75. The fraction of sp³-hybridized carbons (Fsp3) is 0.250. The summed E-state index contributed by atoms with van der Waals surface area (Å²) in [4.78, 5) is 0. The van der Waals surface area contributed by atoms with E-state index in [4.69, 9.17) is 0 Å². The van der Waals surface area contributed by atoms with Crippen LogP contribution >= 0.6 is 12.4 Å². The molecule has 0 heterocycles. The maximum Gasteiger partial charge on any atom is 0.146 e. The lowest BCUT2D eigenvalue weighted by atomic mass is 10.2. The summed E-state index contributed by atoms with van der Waals surface area (Å²) in [5.74, 6) is -0.192. The lowest BCUT2D eigenvalue weighted by Gasteiger charge is -2.04. The molecule has 1 N–H and O–H groups in total. The molecule has 0 aliphatic carbocycles. The Hall–Kier alpha value is -0.760. The van der Waals surface area contributed by atoms with E-state index in [0.717, 1.165) is 5.56 Å². The van der Waals surface area contributed by atoms with Crippen LogP contribution in [0.3, 0.4) is 0 Å². The molecule has 0 aliphatic rings. The minimum Gasteiger partial charge on any atom is -0.386 e. The lowest BCUT2D eigenvalue weighted by molar-refractivity contribution is 0.630.